The number of Topliss-reactive ketones (excluding diaryl/α,β-unsaturated/α-hetero) is 1. The van der Waals surface area contributed by atoms with Crippen LogP contribution in [0.15, 0.2) is 12.1 Å². The molecule has 6 fully saturated rings. The van der Waals surface area contributed by atoms with Crippen LogP contribution in [0.1, 0.15) is 79.6 Å². The SMILES string of the molecule is N=S(=O)(CC(=O)c1cc(C2CC2)c(OCC23CC4CC(CC(C4)C2)C3)cc1F)N1CCC1. The van der Waals surface area contributed by atoms with Gasteiger partial charge in [-0.05, 0) is 93.1 Å². The van der Waals surface area contributed by atoms with Crippen molar-refractivity contribution in [1.29, 1.82) is 4.78 Å². The Morgan fingerprint density at radius 3 is 2.28 bits per heavy atom. The Morgan fingerprint density at radius 2 is 1.75 bits per heavy atom. The van der Waals surface area contributed by atoms with Gasteiger partial charge >= 0.3 is 0 Å². The predicted octanol–water partition coefficient (Wildman–Crippen LogP) is 5.15. The number of nitrogens with zero attached hydrogens (tertiary/aromatic N) is 1. The van der Waals surface area contributed by atoms with E-state index in [1.54, 1.807) is 6.07 Å². The zero-order valence-electron chi connectivity index (χ0n) is 18.6. The molecule has 174 valence electrons. The molecule has 5 aliphatic carbocycles. The molecule has 1 N–H and O–H groups in total. The summed E-state index contributed by atoms with van der Waals surface area (Å²) >= 11 is 0. The topological polar surface area (TPSA) is 70.5 Å². The van der Waals surface area contributed by atoms with Crippen molar-refractivity contribution in [2.24, 2.45) is 23.2 Å². The third kappa shape index (κ3) is 3.79. The maximum Gasteiger partial charge on any atom is 0.180 e. The molecule has 5 nitrogen and oxygen atoms in total. The Morgan fingerprint density at radius 1 is 1.12 bits per heavy atom. The highest BCUT2D eigenvalue weighted by Crippen LogP contribution is 2.60. The summed E-state index contributed by atoms with van der Waals surface area (Å²) in [7, 11) is -3.17. The highest BCUT2D eigenvalue weighted by Gasteiger charge is 2.51. The molecule has 0 amide bonds. The van der Waals surface area contributed by atoms with E-state index < -0.39 is 27.3 Å². The molecule has 0 spiro atoms. The van der Waals surface area contributed by atoms with Crippen LogP contribution in [0.5, 0.6) is 5.75 Å². The minimum Gasteiger partial charge on any atom is -0.493 e. The van der Waals surface area contributed by atoms with Gasteiger partial charge in [-0.3, -0.25) is 4.79 Å². The number of rotatable bonds is 8. The quantitative estimate of drug-likeness (QED) is 0.546. The third-order valence-electron chi connectivity index (χ3n) is 8.67. The summed E-state index contributed by atoms with van der Waals surface area (Å²) in [5.41, 5.74) is 1.13. The van der Waals surface area contributed by atoms with Gasteiger partial charge in [0.25, 0.3) is 0 Å². The Hall–Kier alpha value is -1.47. The van der Waals surface area contributed by atoms with Gasteiger partial charge in [0.2, 0.25) is 0 Å². The Kier molecular flexibility index (Phi) is 4.96. The van der Waals surface area contributed by atoms with Gasteiger partial charge in [-0.1, -0.05) is 0 Å². The zero-order chi connectivity index (χ0) is 22.1. The van der Waals surface area contributed by atoms with Crippen LogP contribution in [0.2, 0.25) is 0 Å². The van der Waals surface area contributed by atoms with Crippen LogP contribution >= 0.6 is 0 Å². The van der Waals surface area contributed by atoms with E-state index in [0.717, 1.165) is 42.6 Å². The van der Waals surface area contributed by atoms with Gasteiger partial charge in [-0.2, -0.15) is 0 Å². The van der Waals surface area contributed by atoms with E-state index in [4.69, 9.17) is 9.52 Å². The van der Waals surface area contributed by atoms with Crippen molar-refractivity contribution < 1.29 is 18.1 Å². The normalized spacial score (nSPS) is 35.3. The highest BCUT2D eigenvalue weighted by atomic mass is 32.2. The van der Waals surface area contributed by atoms with E-state index in [9.17, 15) is 9.00 Å². The first-order chi connectivity index (χ1) is 15.3. The standard InChI is InChI=1S/C25H33FN2O3S/c26-22-10-24(31-15-25-11-16-6-17(12-25)8-18(7-16)13-25)20(19-2-3-19)9-21(22)23(29)14-32(27,30)28-4-1-5-28/h9-10,16-19,27H,1-8,11-15H2. The summed E-state index contributed by atoms with van der Waals surface area (Å²) in [4.78, 5) is 12.8. The molecule has 32 heavy (non-hydrogen) atoms. The summed E-state index contributed by atoms with van der Waals surface area (Å²) in [5, 5.41) is 0. The van der Waals surface area contributed by atoms with Crippen LogP contribution in [0, 0.1) is 33.8 Å². The lowest BCUT2D eigenvalue weighted by atomic mass is 9.50. The fourth-order valence-corrected chi connectivity index (χ4v) is 8.79. The molecule has 0 aromatic heterocycles. The minimum absolute atomic E-state index is 0.0328. The van der Waals surface area contributed by atoms with E-state index >= 15 is 4.39 Å². The molecule has 1 aromatic carbocycles. The Balaban J connectivity index is 1.21. The first-order valence-corrected chi connectivity index (χ1v) is 14.0. The maximum atomic E-state index is 15.1. The average molecular weight is 461 g/mol. The van der Waals surface area contributed by atoms with Crippen molar-refractivity contribution >= 4 is 15.7 Å². The summed E-state index contributed by atoms with van der Waals surface area (Å²) in [5.74, 6) is 1.84. The molecule has 1 atom stereocenters. The number of carbonyl (C=O) groups is 1. The lowest BCUT2D eigenvalue weighted by Gasteiger charge is -2.56. The molecule has 1 heterocycles. The van der Waals surface area contributed by atoms with Gasteiger partial charge in [-0.25, -0.2) is 17.7 Å². The monoisotopic (exact) mass is 460 g/mol. The molecular weight excluding hydrogens is 427 g/mol. The molecule has 0 radical (unpaired) electrons. The van der Waals surface area contributed by atoms with Crippen molar-refractivity contribution in [3.05, 3.63) is 29.1 Å². The Bertz CT molecular complexity index is 1010. The molecule has 7 rings (SSSR count). The molecule has 1 saturated heterocycles. The van der Waals surface area contributed by atoms with Crippen LogP contribution < -0.4 is 4.74 Å². The first kappa shape index (κ1) is 21.1. The number of halogens is 1. The molecule has 6 aliphatic rings. The highest BCUT2D eigenvalue weighted by molar-refractivity contribution is 7.90. The number of hydrogen-bond donors (Lipinski definition) is 1. The molecule has 7 heteroatoms. The number of benzene rings is 1. The smallest absolute Gasteiger partial charge is 0.180 e. The van der Waals surface area contributed by atoms with Gasteiger partial charge in [0.1, 0.15) is 27.2 Å². The maximum absolute atomic E-state index is 15.1. The van der Waals surface area contributed by atoms with Gasteiger partial charge in [-0.15, -0.1) is 0 Å². The van der Waals surface area contributed by atoms with E-state index in [-0.39, 0.29) is 11.0 Å². The molecule has 1 aromatic rings. The minimum atomic E-state index is -3.17. The number of nitrogens with one attached hydrogen (secondary N) is 1. The fraction of sp³-hybridized carbons (Fsp3) is 0.720. The van der Waals surface area contributed by atoms with Gasteiger partial charge in [0.05, 0.1) is 12.2 Å². The molecule has 5 saturated carbocycles. The van der Waals surface area contributed by atoms with Crippen molar-refractivity contribution in [1.82, 2.24) is 4.31 Å². The van der Waals surface area contributed by atoms with E-state index in [1.165, 1.54) is 48.9 Å². The first-order valence-electron chi connectivity index (χ1n) is 12.3. The van der Waals surface area contributed by atoms with E-state index in [0.29, 0.717) is 31.4 Å². The number of hydrogen-bond acceptors (Lipinski definition) is 4. The Labute approximate surface area is 190 Å². The zero-order valence-corrected chi connectivity index (χ0v) is 19.4. The van der Waals surface area contributed by atoms with E-state index in [2.05, 4.69) is 0 Å². The molecular formula is C25H33FN2O3S. The van der Waals surface area contributed by atoms with Gasteiger partial charge < -0.3 is 4.74 Å². The van der Waals surface area contributed by atoms with Crippen molar-refractivity contribution in [3.8, 4) is 5.75 Å². The second kappa shape index (κ2) is 7.52. The largest absolute Gasteiger partial charge is 0.493 e. The summed E-state index contributed by atoms with van der Waals surface area (Å²) < 4.78 is 43.6. The summed E-state index contributed by atoms with van der Waals surface area (Å²) in [6, 6.07) is 3.02. The molecule has 4 bridgehead atoms. The summed E-state index contributed by atoms with van der Waals surface area (Å²) in [6.07, 6.45) is 10.8. The molecule has 1 unspecified atom stereocenters. The van der Waals surface area contributed by atoms with E-state index in [1.807, 2.05) is 0 Å². The van der Waals surface area contributed by atoms with Crippen molar-refractivity contribution in [2.75, 3.05) is 25.4 Å². The van der Waals surface area contributed by atoms with Crippen LogP contribution in [0.25, 0.3) is 0 Å². The van der Waals surface area contributed by atoms with Crippen LogP contribution in [-0.2, 0) is 9.92 Å². The van der Waals surface area contributed by atoms with Crippen LogP contribution in [0.3, 0.4) is 0 Å². The average Bonchev–Trinajstić information content (AvgIpc) is 3.48. The number of carbonyl (C=O) groups excluding carboxylic acids is 1. The lowest BCUT2D eigenvalue weighted by Crippen LogP contribution is -2.48. The predicted molar refractivity (Wildman–Crippen MR) is 121 cm³/mol. The van der Waals surface area contributed by atoms with Crippen molar-refractivity contribution in [2.45, 2.75) is 63.7 Å². The van der Waals surface area contributed by atoms with Gasteiger partial charge in [0, 0.05) is 24.6 Å². The lowest BCUT2D eigenvalue weighted by molar-refractivity contribution is -0.0747. The van der Waals surface area contributed by atoms with Crippen LogP contribution in [-0.4, -0.2) is 39.7 Å². The fourth-order valence-electron chi connectivity index (χ4n) is 7.25. The molecule has 1 aliphatic heterocycles. The number of ether oxygens (including phenoxy) is 1. The number of ketones is 1. The summed E-state index contributed by atoms with van der Waals surface area (Å²) in [6.45, 7) is 1.80. The third-order valence-corrected chi connectivity index (χ3v) is 10.5. The van der Waals surface area contributed by atoms with Crippen molar-refractivity contribution in [3.63, 3.8) is 0 Å². The second-order valence-electron chi connectivity index (χ2n) is 11.3. The van der Waals surface area contributed by atoms with Gasteiger partial charge in [0.15, 0.2) is 5.78 Å². The second-order valence-corrected chi connectivity index (χ2v) is 13.4. The van der Waals surface area contributed by atoms with Crippen LogP contribution in [0.4, 0.5) is 4.39 Å².